The molecule has 2 fully saturated rings. The molecule has 8 nitrogen and oxygen atoms in total. The number of aliphatic hydroxyl groups excluding tert-OH is 1. The molecule has 164 valence electrons. The molecule has 0 spiro atoms. The van der Waals surface area contributed by atoms with Crippen molar-refractivity contribution in [2.24, 2.45) is 0 Å². The average Bonchev–Trinajstić information content (AvgIpc) is 3.21. The van der Waals surface area contributed by atoms with E-state index in [0.29, 0.717) is 36.8 Å². The molecule has 2 saturated heterocycles. The molecule has 2 unspecified atom stereocenters. The van der Waals surface area contributed by atoms with Crippen molar-refractivity contribution in [2.45, 2.75) is 43.9 Å². The standard InChI is InChI=1S/C23H27N3O5/c27-20-6-4-18(23(28)25-20)22-21-17-3-2-16(13-14(17)1-5-19(21)31-26-22)30-12-9-24-15-7-10-29-11-8-15/h1-3,5,13,15,18,20,24,27H,4,6-12H2,(H,25,28). The Morgan fingerprint density at radius 2 is 2.03 bits per heavy atom. The van der Waals surface area contributed by atoms with Gasteiger partial charge < -0.3 is 29.7 Å². The van der Waals surface area contributed by atoms with E-state index in [1.54, 1.807) is 0 Å². The highest BCUT2D eigenvalue weighted by molar-refractivity contribution is 6.08. The number of aromatic nitrogens is 1. The van der Waals surface area contributed by atoms with E-state index >= 15 is 0 Å². The molecule has 2 aliphatic heterocycles. The van der Waals surface area contributed by atoms with E-state index < -0.39 is 12.1 Å². The summed E-state index contributed by atoms with van der Waals surface area (Å²) in [6.45, 7) is 3.03. The topological polar surface area (TPSA) is 106 Å². The molecule has 2 aromatic carbocycles. The van der Waals surface area contributed by atoms with Crippen LogP contribution in [0.15, 0.2) is 34.9 Å². The number of amides is 1. The Kier molecular flexibility index (Phi) is 5.76. The first-order valence-electron chi connectivity index (χ1n) is 10.9. The van der Waals surface area contributed by atoms with Crippen LogP contribution in [-0.2, 0) is 9.53 Å². The molecule has 5 rings (SSSR count). The van der Waals surface area contributed by atoms with Gasteiger partial charge in [0.2, 0.25) is 5.91 Å². The molecule has 1 amide bonds. The Bertz CT molecular complexity index is 1080. The number of carbonyl (C=O) groups is 1. The number of nitrogens with one attached hydrogen (secondary N) is 2. The summed E-state index contributed by atoms with van der Waals surface area (Å²) in [6.07, 6.45) is 2.33. The van der Waals surface area contributed by atoms with E-state index in [-0.39, 0.29) is 5.91 Å². The number of rotatable bonds is 6. The minimum absolute atomic E-state index is 0.220. The number of piperidine rings is 1. The summed E-state index contributed by atoms with van der Waals surface area (Å²) in [6, 6.07) is 10.3. The van der Waals surface area contributed by atoms with Crippen LogP contribution in [0.3, 0.4) is 0 Å². The first-order valence-corrected chi connectivity index (χ1v) is 10.9. The van der Waals surface area contributed by atoms with Gasteiger partial charge >= 0.3 is 0 Å². The minimum atomic E-state index is -0.792. The van der Waals surface area contributed by atoms with Crippen LogP contribution in [0.4, 0.5) is 0 Å². The van der Waals surface area contributed by atoms with Crippen molar-refractivity contribution >= 4 is 27.6 Å². The largest absolute Gasteiger partial charge is 0.492 e. The number of nitrogens with zero attached hydrogens (tertiary/aromatic N) is 1. The summed E-state index contributed by atoms with van der Waals surface area (Å²) in [7, 11) is 0. The lowest BCUT2D eigenvalue weighted by Crippen LogP contribution is -2.42. The number of hydrogen-bond donors (Lipinski definition) is 3. The molecule has 0 saturated carbocycles. The van der Waals surface area contributed by atoms with Gasteiger partial charge in [-0.25, -0.2) is 0 Å². The molecule has 0 aliphatic carbocycles. The van der Waals surface area contributed by atoms with Crippen LogP contribution in [-0.4, -0.2) is 54.8 Å². The first-order chi connectivity index (χ1) is 15.2. The van der Waals surface area contributed by atoms with Crippen molar-refractivity contribution in [3.8, 4) is 5.75 Å². The zero-order valence-corrected chi connectivity index (χ0v) is 17.3. The smallest absolute Gasteiger partial charge is 0.231 e. The summed E-state index contributed by atoms with van der Waals surface area (Å²) in [4.78, 5) is 12.4. The lowest BCUT2D eigenvalue weighted by molar-refractivity contribution is -0.128. The van der Waals surface area contributed by atoms with Gasteiger partial charge in [-0.2, -0.15) is 0 Å². The number of benzene rings is 2. The van der Waals surface area contributed by atoms with E-state index in [1.165, 1.54) is 0 Å². The average molecular weight is 425 g/mol. The second kappa shape index (κ2) is 8.82. The van der Waals surface area contributed by atoms with Gasteiger partial charge in [0.15, 0.2) is 5.58 Å². The van der Waals surface area contributed by atoms with Crippen LogP contribution < -0.4 is 15.4 Å². The molecule has 3 heterocycles. The lowest BCUT2D eigenvalue weighted by atomic mass is 9.91. The van der Waals surface area contributed by atoms with Gasteiger partial charge in [0.25, 0.3) is 0 Å². The van der Waals surface area contributed by atoms with Gasteiger partial charge in [-0.3, -0.25) is 4.79 Å². The highest BCUT2D eigenvalue weighted by Gasteiger charge is 2.32. The third-order valence-corrected chi connectivity index (χ3v) is 6.16. The van der Waals surface area contributed by atoms with Crippen LogP contribution in [0.25, 0.3) is 21.7 Å². The predicted molar refractivity (Wildman–Crippen MR) is 115 cm³/mol. The van der Waals surface area contributed by atoms with Gasteiger partial charge in [0.1, 0.15) is 24.3 Å². The number of carbonyl (C=O) groups excluding carboxylic acids is 1. The van der Waals surface area contributed by atoms with Gasteiger partial charge in [-0.15, -0.1) is 0 Å². The van der Waals surface area contributed by atoms with E-state index in [9.17, 15) is 9.90 Å². The molecule has 3 aromatic rings. The summed E-state index contributed by atoms with van der Waals surface area (Å²) < 4.78 is 16.8. The number of ether oxygens (including phenoxy) is 2. The van der Waals surface area contributed by atoms with Crippen molar-refractivity contribution in [2.75, 3.05) is 26.4 Å². The van der Waals surface area contributed by atoms with E-state index in [2.05, 4.69) is 15.8 Å². The SMILES string of the molecule is O=C1NC(O)CCC1c1noc2ccc3cc(OCCNC4CCOCC4)ccc3c12. The third kappa shape index (κ3) is 4.23. The summed E-state index contributed by atoms with van der Waals surface area (Å²) in [5, 5.41) is 22.8. The zero-order chi connectivity index (χ0) is 21.2. The van der Waals surface area contributed by atoms with E-state index in [4.69, 9.17) is 14.0 Å². The predicted octanol–water partition coefficient (Wildman–Crippen LogP) is 2.44. The molecule has 8 heteroatoms. The van der Waals surface area contributed by atoms with Crippen LogP contribution in [0.1, 0.15) is 37.3 Å². The Hall–Kier alpha value is -2.68. The fourth-order valence-corrected chi connectivity index (χ4v) is 4.49. The number of hydrogen-bond acceptors (Lipinski definition) is 7. The van der Waals surface area contributed by atoms with Crippen molar-refractivity contribution < 1.29 is 23.9 Å². The van der Waals surface area contributed by atoms with Crippen molar-refractivity contribution in [3.05, 3.63) is 36.0 Å². The minimum Gasteiger partial charge on any atom is -0.492 e. The van der Waals surface area contributed by atoms with Gasteiger partial charge in [0.05, 0.1) is 11.3 Å². The maximum Gasteiger partial charge on any atom is 0.231 e. The van der Waals surface area contributed by atoms with Crippen LogP contribution >= 0.6 is 0 Å². The third-order valence-electron chi connectivity index (χ3n) is 6.16. The van der Waals surface area contributed by atoms with E-state index in [1.807, 2.05) is 30.3 Å². The maximum absolute atomic E-state index is 12.4. The van der Waals surface area contributed by atoms with E-state index in [0.717, 1.165) is 54.5 Å². The zero-order valence-electron chi connectivity index (χ0n) is 17.3. The second-order valence-electron chi connectivity index (χ2n) is 8.23. The first kappa shape index (κ1) is 20.2. The van der Waals surface area contributed by atoms with Gasteiger partial charge in [0, 0.05) is 25.8 Å². The number of aliphatic hydroxyl groups is 1. The molecule has 3 N–H and O–H groups in total. The van der Waals surface area contributed by atoms with Gasteiger partial charge in [-0.05, 0) is 60.7 Å². The maximum atomic E-state index is 12.4. The Morgan fingerprint density at radius 3 is 2.87 bits per heavy atom. The van der Waals surface area contributed by atoms with Crippen molar-refractivity contribution in [3.63, 3.8) is 0 Å². The molecule has 1 aromatic heterocycles. The van der Waals surface area contributed by atoms with Gasteiger partial charge in [-0.1, -0.05) is 11.2 Å². The van der Waals surface area contributed by atoms with Crippen molar-refractivity contribution in [1.29, 1.82) is 0 Å². The normalized spacial score (nSPS) is 22.7. The van der Waals surface area contributed by atoms with Crippen molar-refractivity contribution in [1.82, 2.24) is 15.8 Å². The highest BCUT2D eigenvalue weighted by Crippen LogP contribution is 2.36. The Balaban J connectivity index is 1.32. The Morgan fingerprint density at radius 1 is 1.16 bits per heavy atom. The molecular weight excluding hydrogens is 398 g/mol. The quantitative estimate of drug-likeness (QED) is 0.521. The molecule has 2 aliphatic rings. The van der Waals surface area contributed by atoms with Crippen LogP contribution in [0.2, 0.25) is 0 Å². The Labute approximate surface area is 179 Å². The monoisotopic (exact) mass is 425 g/mol. The summed E-state index contributed by atoms with van der Waals surface area (Å²) in [5.41, 5.74) is 1.27. The molecule has 0 radical (unpaired) electrons. The molecule has 31 heavy (non-hydrogen) atoms. The van der Waals surface area contributed by atoms with Crippen LogP contribution in [0.5, 0.6) is 5.75 Å². The summed E-state index contributed by atoms with van der Waals surface area (Å²) >= 11 is 0. The summed E-state index contributed by atoms with van der Waals surface area (Å²) in [5.74, 6) is 0.155. The number of fused-ring (bicyclic) bond motifs is 3. The fourth-order valence-electron chi connectivity index (χ4n) is 4.49. The second-order valence-corrected chi connectivity index (χ2v) is 8.23. The molecular formula is C23H27N3O5. The molecule has 0 bridgehead atoms. The van der Waals surface area contributed by atoms with Crippen LogP contribution in [0, 0.1) is 0 Å². The highest BCUT2D eigenvalue weighted by atomic mass is 16.5. The lowest BCUT2D eigenvalue weighted by Gasteiger charge is -2.24. The fraction of sp³-hybridized carbons (Fsp3) is 0.478. The molecule has 2 atom stereocenters.